The Hall–Kier alpha value is -1.19. The third-order valence-electron chi connectivity index (χ3n) is 3.00. The minimum atomic E-state index is 0.490. The van der Waals surface area contributed by atoms with Gasteiger partial charge in [0, 0.05) is 10.6 Å². The number of hydrogen-bond donors (Lipinski definition) is 0. The van der Waals surface area contributed by atoms with Gasteiger partial charge in [-0.2, -0.15) is 5.10 Å². The van der Waals surface area contributed by atoms with Crippen molar-refractivity contribution in [3.8, 4) is 16.9 Å². The van der Waals surface area contributed by atoms with Crippen LogP contribution in [0.5, 0.6) is 0 Å². The van der Waals surface area contributed by atoms with Crippen LogP contribution >= 0.6 is 46.4 Å². The molecule has 2 aromatic carbocycles. The number of benzene rings is 2. The number of halogens is 4. The molecule has 1 aromatic heterocycles. The number of aromatic nitrogens is 2. The predicted octanol–water partition coefficient (Wildman–Crippen LogP) is 6.15. The van der Waals surface area contributed by atoms with Gasteiger partial charge in [-0.05, 0) is 36.4 Å². The summed E-state index contributed by atoms with van der Waals surface area (Å²) < 4.78 is 1.73. The smallest absolute Gasteiger partial charge is 0.0840 e. The van der Waals surface area contributed by atoms with Crippen LogP contribution in [0.15, 0.2) is 48.7 Å². The van der Waals surface area contributed by atoms with E-state index in [4.69, 9.17) is 46.4 Å². The van der Waals surface area contributed by atoms with Gasteiger partial charge in [-0.15, -0.1) is 0 Å². The van der Waals surface area contributed by atoms with Crippen LogP contribution < -0.4 is 0 Å². The molecule has 0 bridgehead atoms. The van der Waals surface area contributed by atoms with E-state index in [1.807, 2.05) is 18.2 Å². The molecule has 1 heterocycles. The summed E-state index contributed by atoms with van der Waals surface area (Å²) in [6, 6.07) is 12.6. The van der Waals surface area contributed by atoms with Crippen LogP contribution in [-0.2, 0) is 0 Å². The minimum Gasteiger partial charge on any atom is -0.232 e. The zero-order chi connectivity index (χ0) is 15.0. The van der Waals surface area contributed by atoms with Crippen LogP contribution in [0, 0.1) is 0 Å². The van der Waals surface area contributed by atoms with Crippen LogP contribution in [0.25, 0.3) is 16.9 Å². The zero-order valence-corrected chi connectivity index (χ0v) is 13.5. The highest BCUT2D eigenvalue weighted by Crippen LogP contribution is 2.31. The molecule has 0 atom stereocenters. The van der Waals surface area contributed by atoms with Crippen molar-refractivity contribution < 1.29 is 0 Å². The summed E-state index contributed by atoms with van der Waals surface area (Å²) in [5.41, 5.74) is 2.50. The molecular formula is C15H8Cl4N2. The largest absolute Gasteiger partial charge is 0.232 e. The Balaban J connectivity index is 2.14. The van der Waals surface area contributed by atoms with Crippen LogP contribution in [0.1, 0.15) is 0 Å². The fraction of sp³-hybridized carbons (Fsp3) is 0. The molecule has 0 fully saturated rings. The SMILES string of the molecule is Clc1ccc(-n2nccc2-c2ccc(Cl)c(Cl)c2)c(Cl)c1. The third-order valence-corrected chi connectivity index (χ3v) is 4.27. The van der Waals surface area contributed by atoms with E-state index >= 15 is 0 Å². The number of hydrogen-bond acceptors (Lipinski definition) is 1. The average molecular weight is 358 g/mol. The summed E-state index contributed by atoms with van der Waals surface area (Å²) in [6.45, 7) is 0. The summed E-state index contributed by atoms with van der Waals surface area (Å²) >= 11 is 24.2. The predicted molar refractivity (Wildman–Crippen MR) is 89.0 cm³/mol. The molecular weight excluding hydrogens is 350 g/mol. The fourth-order valence-corrected chi connectivity index (χ4v) is 2.81. The molecule has 0 radical (unpaired) electrons. The van der Waals surface area contributed by atoms with Gasteiger partial charge in [0.05, 0.1) is 32.6 Å². The zero-order valence-electron chi connectivity index (χ0n) is 10.5. The second-order valence-electron chi connectivity index (χ2n) is 4.35. The lowest BCUT2D eigenvalue weighted by Gasteiger charge is -2.10. The van der Waals surface area contributed by atoms with Gasteiger partial charge in [-0.1, -0.05) is 52.5 Å². The van der Waals surface area contributed by atoms with E-state index in [1.165, 1.54) is 0 Å². The van der Waals surface area contributed by atoms with Gasteiger partial charge in [0.15, 0.2) is 0 Å². The lowest BCUT2D eigenvalue weighted by Crippen LogP contribution is -1.99. The highest BCUT2D eigenvalue weighted by Gasteiger charge is 2.12. The van der Waals surface area contributed by atoms with E-state index in [1.54, 1.807) is 35.1 Å². The molecule has 0 unspecified atom stereocenters. The highest BCUT2D eigenvalue weighted by molar-refractivity contribution is 6.42. The van der Waals surface area contributed by atoms with Gasteiger partial charge in [0.1, 0.15) is 0 Å². The van der Waals surface area contributed by atoms with Crippen LogP contribution in [0.2, 0.25) is 20.1 Å². The van der Waals surface area contributed by atoms with Gasteiger partial charge in [-0.25, -0.2) is 4.68 Å². The van der Waals surface area contributed by atoms with Crippen molar-refractivity contribution in [1.29, 1.82) is 0 Å². The molecule has 3 rings (SSSR count). The quantitative estimate of drug-likeness (QED) is 0.537. The van der Waals surface area contributed by atoms with E-state index in [2.05, 4.69) is 5.10 Å². The van der Waals surface area contributed by atoms with Gasteiger partial charge in [0.2, 0.25) is 0 Å². The average Bonchev–Trinajstić information content (AvgIpc) is 2.91. The Morgan fingerprint density at radius 2 is 1.57 bits per heavy atom. The molecule has 0 saturated carbocycles. The first-order valence-electron chi connectivity index (χ1n) is 6.01. The Morgan fingerprint density at radius 1 is 0.762 bits per heavy atom. The maximum Gasteiger partial charge on any atom is 0.0840 e. The lowest BCUT2D eigenvalue weighted by atomic mass is 10.1. The summed E-state index contributed by atoms with van der Waals surface area (Å²) in [7, 11) is 0. The van der Waals surface area contributed by atoms with Crippen LogP contribution in [0.4, 0.5) is 0 Å². The number of nitrogens with zero attached hydrogens (tertiary/aromatic N) is 2. The first-order chi connectivity index (χ1) is 10.1. The van der Waals surface area contributed by atoms with Crippen molar-refractivity contribution in [2.24, 2.45) is 0 Å². The molecule has 0 amide bonds. The van der Waals surface area contributed by atoms with Crippen molar-refractivity contribution in [2.75, 3.05) is 0 Å². The second-order valence-corrected chi connectivity index (χ2v) is 6.01. The monoisotopic (exact) mass is 356 g/mol. The van der Waals surface area contributed by atoms with Gasteiger partial charge in [0.25, 0.3) is 0 Å². The minimum absolute atomic E-state index is 0.490. The van der Waals surface area contributed by atoms with Crippen LogP contribution in [-0.4, -0.2) is 9.78 Å². The molecule has 6 heteroatoms. The van der Waals surface area contributed by atoms with E-state index in [-0.39, 0.29) is 0 Å². The molecule has 0 aliphatic carbocycles. The fourth-order valence-electron chi connectivity index (χ4n) is 2.02. The van der Waals surface area contributed by atoms with E-state index in [0.29, 0.717) is 20.1 Å². The van der Waals surface area contributed by atoms with E-state index in [9.17, 15) is 0 Å². The summed E-state index contributed by atoms with van der Waals surface area (Å²) in [6.07, 6.45) is 1.70. The lowest BCUT2D eigenvalue weighted by molar-refractivity contribution is 0.888. The van der Waals surface area contributed by atoms with Gasteiger partial charge in [-0.3, -0.25) is 0 Å². The van der Waals surface area contributed by atoms with Crippen molar-refractivity contribution in [2.45, 2.75) is 0 Å². The first-order valence-corrected chi connectivity index (χ1v) is 7.52. The molecule has 0 N–H and O–H groups in total. The standard InChI is InChI=1S/C15H8Cl4N2/c16-10-2-4-15(13(19)8-10)21-14(5-6-20-21)9-1-3-11(17)12(18)7-9/h1-8H. The van der Waals surface area contributed by atoms with Crippen molar-refractivity contribution in [1.82, 2.24) is 9.78 Å². The summed E-state index contributed by atoms with van der Waals surface area (Å²) in [4.78, 5) is 0. The van der Waals surface area contributed by atoms with Gasteiger partial charge < -0.3 is 0 Å². The molecule has 21 heavy (non-hydrogen) atoms. The Morgan fingerprint density at radius 3 is 2.29 bits per heavy atom. The normalized spacial score (nSPS) is 10.9. The molecule has 0 aliphatic rings. The van der Waals surface area contributed by atoms with Crippen molar-refractivity contribution in [3.63, 3.8) is 0 Å². The molecule has 2 nitrogen and oxygen atoms in total. The van der Waals surface area contributed by atoms with E-state index < -0.39 is 0 Å². The topological polar surface area (TPSA) is 17.8 Å². The number of rotatable bonds is 2. The molecule has 0 spiro atoms. The van der Waals surface area contributed by atoms with Gasteiger partial charge >= 0.3 is 0 Å². The van der Waals surface area contributed by atoms with E-state index in [0.717, 1.165) is 16.9 Å². The third kappa shape index (κ3) is 2.90. The Kier molecular flexibility index (Phi) is 4.14. The Labute approximate surface area is 141 Å². The molecule has 106 valence electrons. The highest BCUT2D eigenvalue weighted by atomic mass is 35.5. The first kappa shape index (κ1) is 14.7. The summed E-state index contributed by atoms with van der Waals surface area (Å²) in [5, 5.41) is 6.42. The molecule has 0 saturated heterocycles. The second kappa shape index (κ2) is 5.90. The maximum atomic E-state index is 6.24. The molecule has 0 aliphatic heterocycles. The van der Waals surface area contributed by atoms with Crippen molar-refractivity contribution in [3.05, 3.63) is 68.8 Å². The Bertz CT molecular complexity index is 811. The summed E-state index contributed by atoms with van der Waals surface area (Å²) in [5.74, 6) is 0. The maximum absolute atomic E-state index is 6.24. The molecule has 3 aromatic rings. The van der Waals surface area contributed by atoms with Crippen molar-refractivity contribution >= 4 is 46.4 Å². The van der Waals surface area contributed by atoms with Crippen LogP contribution in [0.3, 0.4) is 0 Å².